The first kappa shape index (κ1) is 14.3. The highest BCUT2D eigenvalue weighted by atomic mass is 19.3. The minimum absolute atomic E-state index is 0.0186. The van der Waals surface area contributed by atoms with Gasteiger partial charge in [0.25, 0.3) is 5.92 Å². The van der Waals surface area contributed by atoms with E-state index in [9.17, 15) is 17.6 Å². The first-order valence-electron chi connectivity index (χ1n) is 6.10. The number of nitrogens with zero attached hydrogens (tertiary/aromatic N) is 1. The van der Waals surface area contributed by atoms with Crippen molar-refractivity contribution in [1.82, 2.24) is 4.90 Å². The number of aliphatic hydroxyl groups excluding tert-OH is 1. The van der Waals surface area contributed by atoms with Crippen LogP contribution in [-0.2, 0) is 6.42 Å². The van der Waals surface area contributed by atoms with Gasteiger partial charge < -0.3 is 5.11 Å². The fraction of sp³-hybridized carbons (Fsp3) is 0.538. The van der Waals surface area contributed by atoms with Gasteiger partial charge in [0, 0.05) is 13.1 Å². The molecule has 1 aromatic carbocycles. The smallest absolute Gasteiger partial charge is 0.285 e. The van der Waals surface area contributed by atoms with Crippen molar-refractivity contribution >= 4 is 0 Å². The molecular formula is C13H15F4NO. The van der Waals surface area contributed by atoms with Gasteiger partial charge in [0.1, 0.15) is 6.10 Å². The summed E-state index contributed by atoms with van der Waals surface area (Å²) in [5, 5.41) is 9.14. The predicted octanol–water partition coefficient (Wildman–Crippen LogP) is 2.21. The van der Waals surface area contributed by atoms with Crippen molar-refractivity contribution in [3.8, 4) is 0 Å². The second-order valence-corrected chi connectivity index (χ2v) is 4.84. The van der Waals surface area contributed by atoms with E-state index in [1.807, 2.05) is 0 Å². The van der Waals surface area contributed by atoms with Gasteiger partial charge in [-0.15, -0.1) is 0 Å². The Morgan fingerprint density at radius 1 is 1.26 bits per heavy atom. The first-order valence-corrected chi connectivity index (χ1v) is 6.10. The number of hydrogen-bond acceptors (Lipinski definition) is 2. The Labute approximate surface area is 108 Å². The number of rotatable bonds is 3. The number of aliphatic hydroxyl groups is 1. The van der Waals surface area contributed by atoms with Crippen LogP contribution in [0.25, 0.3) is 0 Å². The zero-order valence-electron chi connectivity index (χ0n) is 10.3. The van der Waals surface area contributed by atoms with E-state index in [1.54, 1.807) is 0 Å². The molecule has 1 aromatic rings. The predicted molar refractivity (Wildman–Crippen MR) is 62.1 cm³/mol. The van der Waals surface area contributed by atoms with Crippen molar-refractivity contribution in [3.63, 3.8) is 0 Å². The van der Waals surface area contributed by atoms with Crippen LogP contribution in [0.2, 0.25) is 0 Å². The van der Waals surface area contributed by atoms with Crippen LogP contribution in [0.4, 0.5) is 17.6 Å². The van der Waals surface area contributed by atoms with E-state index in [0.717, 1.165) is 12.1 Å². The maximum atomic E-state index is 13.3. The summed E-state index contributed by atoms with van der Waals surface area (Å²) in [6, 6.07) is 3.54. The lowest BCUT2D eigenvalue weighted by molar-refractivity contribution is -0.149. The molecule has 0 spiro atoms. The molecule has 1 N–H and O–H groups in total. The summed E-state index contributed by atoms with van der Waals surface area (Å²) in [5.74, 6) is -4.96. The monoisotopic (exact) mass is 277 g/mol. The van der Waals surface area contributed by atoms with Crippen LogP contribution in [0.5, 0.6) is 0 Å². The minimum Gasteiger partial charge on any atom is -0.387 e. The molecule has 1 atom stereocenters. The van der Waals surface area contributed by atoms with Crippen molar-refractivity contribution in [3.05, 3.63) is 35.4 Å². The summed E-state index contributed by atoms with van der Waals surface area (Å²) in [7, 11) is 0. The molecule has 1 saturated heterocycles. The molecule has 6 heteroatoms. The molecule has 1 fully saturated rings. The van der Waals surface area contributed by atoms with Crippen LogP contribution in [0.1, 0.15) is 12.0 Å². The summed E-state index contributed by atoms with van der Waals surface area (Å²) in [6.07, 6.45) is -1.21. The standard InChI is InChI=1S/C13H15F4NO/c14-10-2-1-9(7-11(10)15)3-5-18-6-4-12(19)13(16,17)8-18/h1-2,7,12,19H,3-6,8H2. The molecule has 1 aliphatic heterocycles. The zero-order chi connectivity index (χ0) is 14.0. The number of piperidine rings is 1. The zero-order valence-corrected chi connectivity index (χ0v) is 10.3. The summed E-state index contributed by atoms with van der Waals surface area (Å²) in [4.78, 5) is 1.52. The topological polar surface area (TPSA) is 23.5 Å². The molecule has 0 aromatic heterocycles. The van der Waals surface area contributed by atoms with Crippen LogP contribution in [0.15, 0.2) is 18.2 Å². The molecule has 0 bridgehead atoms. The van der Waals surface area contributed by atoms with Gasteiger partial charge in [-0.1, -0.05) is 6.07 Å². The second kappa shape index (κ2) is 5.46. The second-order valence-electron chi connectivity index (χ2n) is 4.84. The van der Waals surface area contributed by atoms with Gasteiger partial charge in [-0.2, -0.15) is 0 Å². The molecule has 1 heterocycles. The van der Waals surface area contributed by atoms with E-state index in [4.69, 9.17) is 5.11 Å². The van der Waals surface area contributed by atoms with Crippen molar-refractivity contribution in [2.45, 2.75) is 24.9 Å². The summed E-state index contributed by atoms with van der Waals surface area (Å²) in [6.45, 7) is 0.200. The largest absolute Gasteiger partial charge is 0.387 e. The number of benzene rings is 1. The summed E-state index contributed by atoms with van der Waals surface area (Å²) in [5.41, 5.74) is 0.563. The van der Waals surface area contributed by atoms with Crippen molar-refractivity contribution < 1.29 is 22.7 Å². The van der Waals surface area contributed by atoms with Crippen LogP contribution in [0.3, 0.4) is 0 Å². The Hall–Kier alpha value is -1.14. The van der Waals surface area contributed by atoms with Gasteiger partial charge in [-0.3, -0.25) is 4.90 Å². The van der Waals surface area contributed by atoms with E-state index < -0.39 is 30.2 Å². The molecule has 19 heavy (non-hydrogen) atoms. The molecule has 0 amide bonds. The third-order valence-electron chi connectivity index (χ3n) is 3.34. The Kier molecular flexibility index (Phi) is 4.10. The van der Waals surface area contributed by atoms with E-state index in [2.05, 4.69) is 0 Å². The van der Waals surface area contributed by atoms with Crippen LogP contribution >= 0.6 is 0 Å². The van der Waals surface area contributed by atoms with Gasteiger partial charge in [-0.25, -0.2) is 17.6 Å². The van der Waals surface area contributed by atoms with E-state index in [0.29, 0.717) is 25.1 Å². The molecule has 106 valence electrons. The maximum Gasteiger partial charge on any atom is 0.285 e. The summed E-state index contributed by atoms with van der Waals surface area (Å²) < 4.78 is 52.3. The normalized spacial score (nSPS) is 23.5. The fourth-order valence-corrected chi connectivity index (χ4v) is 2.17. The number of halogens is 4. The van der Waals surface area contributed by atoms with Crippen LogP contribution < -0.4 is 0 Å². The molecule has 0 saturated carbocycles. The lowest BCUT2D eigenvalue weighted by Crippen LogP contribution is -2.51. The SMILES string of the molecule is OC1CCN(CCc2ccc(F)c(F)c2)CC1(F)F. The molecule has 2 nitrogen and oxygen atoms in total. The van der Waals surface area contributed by atoms with Gasteiger partial charge in [0.05, 0.1) is 6.54 Å². The number of likely N-dealkylation sites (tertiary alicyclic amines) is 1. The number of hydrogen-bond donors (Lipinski definition) is 1. The lowest BCUT2D eigenvalue weighted by atomic mass is 10.0. The van der Waals surface area contributed by atoms with Gasteiger partial charge in [0.2, 0.25) is 0 Å². The summed E-state index contributed by atoms with van der Waals surface area (Å²) >= 11 is 0. The average molecular weight is 277 g/mol. The van der Waals surface area contributed by atoms with E-state index >= 15 is 0 Å². The van der Waals surface area contributed by atoms with Crippen molar-refractivity contribution in [2.75, 3.05) is 19.6 Å². The number of alkyl halides is 2. The maximum absolute atomic E-state index is 13.3. The lowest BCUT2D eigenvalue weighted by Gasteiger charge is -2.35. The van der Waals surface area contributed by atoms with E-state index in [-0.39, 0.29) is 6.42 Å². The minimum atomic E-state index is -3.10. The Morgan fingerprint density at radius 3 is 2.63 bits per heavy atom. The van der Waals surface area contributed by atoms with Gasteiger partial charge in [0.15, 0.2) is 11.6 Å². The molecule has 2 rings (SSSR count). The highest BCUT2D eigenvalue weighted by molar-refractivity contribution is 5.18. The van der Waals surface area contributed by atoms with Gasteiger partial charge >= 0.3 is 0 Å². The molecule has 1 aliphatic rings. The quantitative estimate of drug-likeness (QED) is 0.856. The Balaban J connectivity index is 1.90. The van der Waals surface area contributed by atoms with Crippen LogP contribution in [-0.4, -0.2) is 41.7 Å². The third-order valence-corrected chi connectivity index (χ3v) is 3.34. The highest BCUT2D eigenvalue weighted by Crippen LogP contribution is 2.27. The molecule has 0 aliphatic carbocycles. The Morgan fingerprint density at radius 2 is 2.00 bits per heavy atom. The van der Waals surface area contributed by atoms with E-state index in [1.165, 1.54) is 11.0 Å². The van der Waals surface area contributed by atoms with Crippen molar-refractivity contribution in [1.29, 1.82) is 0 Å². The highest BCUT2D eigenvalue weighted by Gasteiger charge is 2.43. The molecule has 0 radical (unpaired) electrons. The Bertz CT molecular complexity index is 452. The first-order chi connectivity index (χ1) is 8.88. The average Bonchev–Trinajstić information content (AvgIpc) is 2.35. The third kappa shape index (κ3) is 3.45. The van der Waals surface area contributed by atoms with Gasteiger partial charge in [-0.05, 0) is 30.5 Å². The molecular weight excluding hydrogens is 262 g/mol. The molecule has 1 unspecified atom stereocenters. The van der Waals surface area contributed by atoms with Crippen LogP contribution in [0, 0.1) is 11.6 Å². The fourth-order valence-electron chi connectivity index (χ4n) is 2.17. The van der Waals surface area contributed by atoms with Crippen molar-refractivity contribution in [2.24, 2.45) is 0 Å².